The molecule has 1 N–H and O–H groups in total. The van der Waals surface area contributed by atoms with Gasteiger partial charge in [0.1, 0.15) is 0 Å². The number of hydrogen-bond acceptors (Lipinski definition) is 4. The number of nitrogens with zero attached hydrogens (tertiary/aromatic N) is 3. The fraction of sp³-hybridized carbons (Fsp3) is 0.733. The number of anilines is 1. The van der Waals surface area contributed by atoms with Gasteiger partial charge < -0.3 is 14.8 Å². The number of hydrogen-bond donors (Lipinski definition) is 1. The van der Waals surface area contributed by atoms with Crippen LogP contribution in [-0.4, -0.2) is 34.7 Å². The number of rotatable bonds is 5. The normalized spacial score (nSPS) is 19.3. The smallest absolute Gasteiger partial charge is 0.293 e. The Bertz CT molecular complexity index is 495. The highest BCUT2D eigenvalue weighted by molar-refractivity contribution is 5.39. The molecule has 1 atom stereocenters. The summed E-state index contributed by atoms with van der Waals surface area (Å²) < 4.78 is 1.76. The van der Waals surface area contributed by atoms with Crippen LogP contribution in [0.2, 0.25) is 0 Å². The van der Waals surface area contributed by atoms with Crippen LogP contribution in [-0.2, 0) is 0 Å². The molecule has 0 spiro atoms. The summed E-state index contributed by atoms with van der Waals surface area (Å²) in [7, 11) is 0. The Morgan fingerprint density at radius 3 is 2.80 bits per heavy atom. The zero-order chi connectivity index (χ0) is 14.7. The molecule has 1 unspecified atom stereocenters. The Labute approximate surface area is 121 Å². The predicted molar refractivity (Wildman–Crippen MR) is 82.4 cm³/mol. The molecule has 0 aromatic carbocycles. The van der Waals surface area contributed by atoms with Crippen molar-refractivity contribution in [1.82, 2.24) is 14.9 Å². The lowest BCUT2D eigenvalue weighted by Gasteiger charge is -2.27. The summed E-state index contributed by atoms with van der Waals surface area (Å²) in [6, 6.07) is 1.01. The first-order valence-electron chi connectivity index (χ1n) is 7.58. The van der Waals surface area contributed by atoms with Gasteiger partial charge in [0.15, 0.2) is 5.82 Å². The molecule has 2 heterocycles. The van der Waals surface area contributed by atoms with Gasteiger partial charge in [-0.25, -0.2) is 4.98 Å². The first-order valence-corrected chi connectivity index (χ1v) is 7.58. The average molecular weight is 278 g/mol. The van der Waals surface area contributed by atoms with E-state index in [9.17, 15) is 4.79 Å². The minimum Gasteiger partial charge on any atom is -0.348 e. The summed E-state index contributed by atoms with van der Waals surface area (Å²) in [5, 5.41) is 3.47. The van der Waals surface area contributed by atoms with Crippen LogP contribution >= 0.6 is 0 Å². The zero-order valence-corrected chi connectivity index (χ0v) is 13.0. The third-order valence-corrected chi connectivity index (χ3v) is 3.82. The van der Waals surface area contributed by atoms with Gasteiger partial charge in [-0.15, -0.1) is 0 Å². The van der Waals surface area contributed by atoms with Crippen molar-refractivity contribution in [2.24, 2.45) is 0 Å². The van der Waals surface area contributed by atoms with Crippen LogP contribution in [0.5, 0.6) is 0 Å². The molecule has 1 fully saturated rings. The fourth-order valence-corrected chi connectivity index (χ4v) is 2.72. The van der Waals surface area contributed by atoms with Gasteiger partial charge in [0.25, 0.3) is 5.56 Å². The summed E-state index contributed by atoms with van der Waals surface area (Å²) in [5.74, 6) is 0.606. The van der Waals surface area contributed by atoms with Crippen LogP contribution in [0, 0.1) is 0 Å². The molecule has 0 radical (unpaired) electrons. The number of aromatic nitrogens is 2. The summed E-state index contributed by atoms with van der Waals surface area (Å²) in [5.41, 5.74) is 0.0268. The molecule has 2 rings (SSSR count). The highest BCUT2D eigenvalue weighted by Gasteiger charge is 2.27. The molecule has 5 nitrogen and oxygen atoms in total. The summed E-state index contributed by atoms with van der Waals surface area (Å²) in [6.07, 6.45) is 5.76. The zero-order valence-electron chi connectivity index (χ0n) is 13.0. The quantitative estimate of drug-likeness (QED) is 0.892. The van der Waals surface area contributed by atoms with Gasteiger partial charge in [-0.05, 0) is 26.7 Å². The van der Waals surface area contributed by atoms with Crippen molar-refractivity contribution < 1.29 is 0 Å². The van der Waals surface area contributed by atoms with E-state index in [1.165, 1.54) is 0 Å². The van der Waals surface area contributed by atoms with Crippen LogP contribution in [0.3, 0.4) is 0 Å². The maximum atomic E-state index is 12.5. The van der Waals surface area contributed by atoms with E-state index in [4.69, 9.17) is 0 Å². The highest BCUT2D eigenvalue weighted by Crippen LogP contribution is 2.21. The van der Waals surface area contributed by atoms with Gasteiger partial charge in [0, 0.05) is 43.6 Å². The van der Waals surface area contributed by atoms with Gasteiger partial charge in [0.05, 0.1) is 0 Å². The minimum absolute atomic E-state index is 0.0268. The van der Waals surface area contributed by atoms with E-state index in [1.807, 2.05) is 13.8 Å². The monoisotopic (exact) mass is 278 g/mol. The van der Waals surface area contributed by atoms with E-state index in [0.717, 1.165) is 25.9 Å². The second-order valence-electron chi connectivity index (χ2n) is 6.11. The Hall–Kier alpha value is -1.36. The third kappa shape index (κ3) is 3.20. The van der Waals surface area contributed by atoms with Crippen molar-refractivity contribution in [3.05, 3.63) is 22.7 Å². The molecule has 0 amide bonds. The molecular weight excluding hydrogens is 252 g/mol. The minimum atomic E-state index is 0.0268. The maximum Gasteiger partial charge on any atom is 0.293 e. The van der Waals surface area contributed by atoms with Crippen molar-refractivity contribution in [3.8, 4) is 0 Å². The molecule has 0 bridgehead atoms. The SMILES string of the molecule is CC(C)NCC1CCCN1c1nccn(C(C)C)c1=O. The van der Waals surface area contributed by atoms with Crippen LogP contribution in [0.1, 0.15) is 46.6 Å². The van der Waals surface area contributed by atoms with Crippen LogP contribution in [0.4, 0.5) is 5.82 Å². The highest BCUT2D eigenvalue weighted by atomic mass is 16.1. The summed E-state index contributed by atoms with van der Waals surface area (Å²) in [4.78, 5) is 19.0. The van der Waals surface area contributed by atoms with Crippen molar-refractivity contribution >= 4 is 5.82 Å². The van der Waals surface area contributed by atoms with E-state index in [1.54, 1.807) is 17.0 Å². The largest absolute Gasteiger partial charge is 0.348 e. The summed E-state index contributed by atoms with van der Waals surface area (Å²) >= 11 is 0. The molecule has 0 saturated carbocycles. The van der Waals surface area contributed by atoms with Gasteiger partial charge in [-0.1, -0.05) is 13.8 Å². The topological polar surface area (TPSA) is 50.2 Å². The van der Waals surface area contributed by atoms with Crippen LogP contribution < -0.4 is 15.8 Å². The number of nitrogens with one attached hydrogen (secondary N) is 1. The van der Waals surface area contributed by atoms with E-state index in [0.29, 0.717) is 17.9 Å². The van der Waals surface area contributed by atoms with Crippen molar-refractivity contribution in [1.29, 1.82) is 0 Å². The molecule has 0 aliphatic carbocycles. The lowest BCUT2D eigenvalue weighted by atomic mass is 10.2. The van der Waals surface area contributed by atoms with Crippen LogP contribution in [0.15, 0.2) is 17.2 Å². The lowest BCUT2D eigenvalue weighted by Crippen LogP contribution is -2.43. The first-order chi connectivity index (χ1) is 9.50. The molecule has 1 aliphatic rings. The predicted octanol–water partition coefficient (Wildman–Crippen LogP) is 1.79. The molecule has 5 heteroatoms. The van der Waals surface area contributed by atoms with E-state index < -0.39 is 0 Å². The van der Waals surface area contributed by atoms with E-state index in [2.05, 4.69) is 29.0 Å². The standard InChI is InChI=1S/C15H26N4O/c1-11(2)17-10-13-6-5-8-19(13)14-15(20)18(12(3)4)9-7-16-14/h7,9,11-13,17H,5-6,8,10H2,1-4H3. The van der Waals surface area contributed by atoms with Crippen LogP contribution in [0.25, 0.3) is 0 Å². The Morgan fingerprint density at radius 1 is 1.40 bits per heavy atom. The second-order valence-corrected chi connectivity index (χ2v) is 6.11. The molecule has 1 aromatic rings. The van der Waals surface area contributed by atoms with Gasteiger partial charge in [0.2, 0.25) is 0 Å². The molecular formula is C15H26N4O. The molecule has 1 aromatic heterocycles. The molecule has 112 valence electrons. The molecule has 20 heavy (non-hydrogen) atoms. The van der Waals surface area contributed by atoms with Crippen molar-refractivity contribution in [3.63, 3.8) is 0 Å². The second kappa shape index (κ2) is 6.39. The van der Waals surface area contributed by atoms with E-state index in [-0.39, 0.29) is 11.6 Å². The van der Waals surface area contributed by atoms with Gasteiger partial charge in [-0.3, -0.25) is 4.79 Å². The Kier molecular flexibility index (Phi) is 4.81. The molecule has 1 aliphatic heterocycles. The fourth-order valence-electron chi connectivity index (χ4n) is 2.72. The van der Waals surface area contributed by atoms with Gasteiger partial charge in [-0.2, -0.15) is 0 Å². The van der Waals surface area contributed by atoms with Crippen molar-refractivity contribution in [2.45, 2.75) is 58.7 Å². The Morgan fingerprint density at radius 2 is 2.15 bits per heavy atom. The van der Waals surface area contributed by atoms with Gasteiger partial charge >= 0.3 is 0 Å². The third-order valence-electron chi connectivity index (χ3n) is 3.82. The van der Waals surface area contributed by atoms with E-state index >= 15 is 0 Å². The maximum absolute atomic E-state index is 12.5. The first kappa shape index (κ1) is 15.0. The lowest BCUT2D eigenvalue weighted by molar-refractivity contribution is 0.517. The Balaban J connectivity index is 2.22. The molecule has 1 saturated heterocycles. The average Bonchev–Trinajstić information content (AvgIpc) is 2.84. The summed E-state index contributed by atoms with van der Waals surface area (Å²) in [6.45, 7) is 10.2. The van der Waals surface area contributed by atoms with Crippen molar-refractivity contribution in [2.75, 3.05) is 18.0 Å².